The quantitative estimate of drug-likeness (QED) is 0.781. The maximum Gasteiger partial charge on any atom is 0.130 e. The molecule has 4 heteroatoms. The molecule has 1 aromatic heterocycles. The van der Waals surface area contributed by atoms with Crippen LogP contribution in [0.25, 0.3) is 0 Å². The molecule has 0 aromatic carbocycles. The Morgan fingerprint density at radius 3 is 2.79 bits per heavy atom. The van der Waals surface area contributed by atoms with E-state index in [0.717, 1.165) is 17.1 Å². The molecule has 0 saturated carbocycles. The minimum atomic E-state index is -0.508. The highest BCUT2D eigenvalue weighted by Crippen LogP contribution is 2.13. The van der Waals surface area contributed by atoms with Crippen LogP contribution >= 0.6 is 0 Å². The lowest BCUT2D eigenvalue weighted by molar-refractivity contribution is 0.195. The molecule has 14 heavy (non-hydrogen) atoms. The van der Waals surface area contributed by atoms with Gasteiger partial charge in [0.25, 0.3) is 0 Å². The van der Waals surface area contributed by atoms with Crippen LogP contribution in [-0.2, 0) is 11.2 Å². The van der Waals surface area contributed by atoms with E-state index in [1.165, 1.54) is 0 Å². The van der Waals surface area contributed by atoms with Crippen molar-refractivity contribution < 1.29 is 9.84 Å². The zero-order chi connectivity index (χ0) is 10.6. The van der Waals surface area contributed by atoms with Crippen molar-refractivity contribution in [2.45, 2.75) is 26.4 Å². The largest absolute Gasteiger partial charge is 0.389 e. The first-order valence-electron chi connectivity index (χ1n) is 4.64. The second-order valence-electron chi connectivity index (χ2n) is 3.25. The van der Waals surface area contributed by atoms with E-state index < -0.39 is 6.10 Å². The summed E-state index contributed by atoms with van der Waals surface area (Å²) in [6.45, 7) is 4.20. The number of methoxy groups -OCH3 is 1. The summed E-state index contributed by atoms with van der Waals surface area (Å²) in [7, 11) is 1.65. The molecule has 0 aliphatic heterocycles. The van der Waals surface area contributed by atoms with Crippen LogP contribution in [0.4, 0.5) is 0 Å². The van der Waals surface area contributed by atoms with Gasteiger partial charge in [-0.05, 0) is 13.8 Å². The van der Waals surface area contributed by atoms with E-state index in [2.05, 4.69) is 9.97 Å². The van der Waals surface area contributed by atoms with Crippen molar-refractivity contribution in [3.05, 3.63) is 23.3 Å². The van der Waals surface area contributed by atoms with Crippen LogP contribution in [0.1, 0.15) is 30.1 Å². The molecule has 1 atom stereocenters. The predicted octanol–water partition coefficient (Wildman–Crippen LogP) is 1.03. The van der Waals surface area contributed by atoms with Gasteiger partial charge in [0.15, 0.2) is 0 Å². The van der Waals surface area contributed by atoms with Crippen LogP contribution in [0.3, 0.4) is 0 Å². The molecule has 0 amide bonds. The molecule has 1 rings (SSSR count). The SMILES string of the molecule is COCCc1ncc(C(C)O)c(C)n1. The zero-order valence-electron chi connectivity index (χ0n) is 8.82. The lowest BCUT2D eigenvalue weighted by Gasteiger charge is -2.08. The van der Waals surface area contributed by atoms with Gasteiger partial charge in [-0.15, -0.1) is 0 Å². The van der Waals surface area contributed by atoms with Crippen LogP contribution in [0.15, 0.2) is 6.20 Å². The summed E-state index contributed by atoms with van der Waals surface area (Å²) in [6, 6.07) is 0. The Balaban J connectivity index is 2.78. The molecule has 0 radical (unpaired) electrons. The third-order valence-electron chi connectivity index (χ3n) is 2.05. The van der Waals surface area contributed by atoms with E-state index in [1.807, 2.05) is 6.92 Å². The minimum absolute atomic E-state index is 0.508. The predicted molar refractivity (Wildman–Crippen MR) is 53.0 cm³/mol. The van der Waals surface area contributed by atoms with Crippen LogP contribution in [-0.4, -0.2) is 28.8 Å². The van der Waals surface area contributed by atoms with Crippen molar-refractivity contribution >= 4 is 0 Å². The molecule has 0 aliphatic carbocycles. The summed E-state index contributed by atoms with van der Waals surface area (Å²) in [5, 5.41) is 9.37. The zero-order valence-corrected chi connectivity index (χ0v) is 8.82. The first-order chi connectivity index (χ1) is 6.65. The highest BCUT2D eigenvalue weighted by Gasteiger charge is 2.07. The van der Waals surface area contributed by atoms with E-state index in [0.29, 0.717) is 13.0 Å². The normalized spacial score (nSPS) is 12.9. The Kier molecular flexibility index (Phi) is 3.98. The number of aliphatic hydroxyl groups excluding tert-OH is 1. The summed E-state index contributed by atoms with van der Waals surface area (Å²) in [6.07, 6.45) is 1.88. The monoisotopic (exact) mass is 196 g/mol. The fourth-order valence-electron chi connectivity index (χ4n) is 1.25. The molecule has 78 valence electrons. The van der Waals surface area contributed by atoms with E-state index in [9.17, 15) is 5.11 Å². The maximum atomic E-state index is 9.37. The number of ether oxygens (including phenoxy) is 1. The number of rotatable bonds is 4. The van der Waals surface area contributed by atoms with Gasteiger partial charge in [-0.2, -0.15) is 0 Å². The lowest BCUT2D eigenvalue weighted by atomic mass is 10.1. The molecule has 1 N–H and O–H groups in total. The molecule has 0 saturated heterocycles. The first-order valence-corrected chi connectivity index (χ1v) is 4.64. The van der Waals surface area contributed by atoms with Gasteiger partial charge in [0, 0.05) is 31.0 Å². The van der Waals surface area contributed by atoms with Crippen LogP contribution < -0.4 is 0 Å². The third-order valence-corrected chi connectivity index (χ3v) is 2.05. The Morgan fingerprint density at radius 1 is 1.57 bits per heavy atom. The fraction of sp³-hybridized carbons (Fsp3) is 0.600. The summed E-state index contributed by atoms with van der Waals surface area (Å²) >= 11 is 0. The molecular weight excluding hydrogens is 180 g/mol. The molecule has 0 fully saturated rings. The van der Waals surface area contributed by atoms with E-state index in [1.54, 1.807) is 20.2 Å². The van der Waals surface area contributed by atoms with E-state index in [4.69, 9.17) is 4.74 Å². The standard InChI is InChI=1S/C10H16N2O2/c1-7-9(8(2)13)6-11-10(12-7)4-5-14-3/h6,8,13H,4-5H2,1-3H3. The Hall–Kier alpha value is -1.00. The fourth-order valence-corrected chi connectivity index (χ4v) is 1.25. The highest BCUT2D eigenvalue weighted by atomic mass is 16.5. The van der Waals surface area contributed by atoms with Gasteiger partial charge >= 0.3 is 0 Å². The molecule has 0 aliphatic rings. The van der Waals surface area contributed by atoms with Crippen molar-refractivity contribution in [2.75, 3.05) is 13.7 Å². The van der Waals surface area contributed by atoms with E-state index in [-0.39, 0.29) is 0 Å². The number of aryl methyl sites for hydroxylation is 1. The van der Waals surface area contributed by atoms with Crippen molar-refractivity contribution in [3.63, 3.8) is 0 Å². The van der Waals surface area contributed by atoms with Gasteiger partial charge in [-0.3, -0.25) is 0 Å². The summed E-state index contributed by atoms with van der Waals surface area (Å²) in [5.74, 6) is 0.758. The number of aliphatic hydroxyl groups is 1. The van der Waals surface area contributed by atoms with E-state index >= 15 is 0 Å². The summed E-state index contributed by atoms with van der Waals surface area (Å²) < 4.78 is 4.93. The van der Waals surface area contributed by atoms with Crippen LogP contribution in [0.2, 0.25) is 0 Å². The smallest absolute Gasteiger partial charge is 0.130 e. The summed E-state index contributed by atoms with van der Waals surface area (Å²) in [4.78, 5) is 8.43. The topological polar surface area (TPSA) is 55.2 Å². The third kappa shape index (κ3) is 2.75. The van der Waals surface area contributed by atoms with Crippen molar-refractivity contribution in [1.82, 2.24) is 9.97 Å². The first kappa shape index (κ1) is 11.1. The minimum Gasteiger partial charge on any atom is -0.389 e. The number of aromatic nitrogens is 2. The second-order valence-corrected chi connectivity index (χ2v) is 3.25. The van der Waals surface area contributed by atoms with Gasteiger partial charge in [-0.1, -0.05) is 0 Å². The van der Waals surface area contributed by atoms with Crippen molar-refractivity contribution in [2.24, 2.45) is 0 Å². The van der Waals surface area contributed by atoms with Gasteiger partial charge in [0.05, 0.1) is 12.7 Å². The molecular formula is C10H16N2O2. The van der Waals surface area contributed by atoms with Crippen molar-refractivity contribution in [3.8, 4) is 0 Å². The number of nitrogens with zero attached hydrogens (tertiary/aromatic N) is 2. The number of hydrogen-bond acceptors (Lipinski definition) is 4. The second kappa shape index (κ2) is 5.02. The molecule has 1 heterocycles. The highest BCUT2D eigenvalue weighted by molar-refractivity contribution is 5.18. The Labute approximate surface area is 84.0 Å². The van der Waals surface area contributed by atoms with Crippen LogP contribution in [0.5, 0.6) is 0 Å². The molecule has 1 aromatic rings. The molecule has 0 bridgehead atoms. The Morgan fingerprint density at radius 2 is 2.29 bits per heavy atom. The number of hydrogen-bond donors (Lipinski definition) is 1. The van der Waals surface area contributed by atoms with Gasteiger partial charge < -0.3 is 9.84 Å². The lowest BCUT2D eigenvalue weighted by Crippen LogP contribution is -2.05. The average Bonchev–Trinajstić information content (AvgIpc) is 2.14. The molecule has 0 spiro atoms. The van der Waals surface area contributed by atoms with Crippen LogP contribution in [0, 0.1) is 6.92 Å². The average molecular weight is 196 g/mol. The van der Waals surface area contributed by atoms with Gasteiger partial charge in [0.2, 0.25) is 0 Å². The van der Waals surface area contributed by atoms with Crippen molar-refractivity contribution in [1.29, 1.82) is 0 Å². The Bertz CT molecular complexity index is 300. The molecule has 1 unspecified atom stereocenters. The summed E-state index contributed by atoms with van der Waals surface area (Å²) in [5.41, 5.74) is 1.62. The maximum absolute atomic E-state index is 9.37. The van der Waals surface area contributed by atoms with Gasteiger partial charge in [0.1, 0.15) is 5.82 Å². The molecule has 4 nitrogen and oxygen atoms in total. The van der Waals surface area contributed by atoms with Gasteiger partial charge in [-0.25, -0.2) is 9.97 Å².